The second-order valence-electron chi connectivity index (χ2n) is 3.84. The second kappa shape index (κ2) is 11.5. The van der Waals surface area contributed by atoms with Crippen molar-refractivity contribution in [2.75, 3.05) is 0 Å². The number of aliphatic carboxylic acids is 1. The first-order valence-corrected chi connectivity index (χ1v) is 5.90. The molecule has 0 saturated carbocycles. The maximum atomic E-state index is 10.4. The second-order valence-corrected chi connectivity index (χ2v) is 3.84. The molecule has 0 saturated heterocycles. The summed E-state index contributed by atoms with van der Waals surface area (Å²) >= 11 is 0. The van der Waals surface area contributed by atoms with Gasteiger partial charge in [-0.2, -0.15) is 0 Å². The molecule has 0 fully saturated rings. The van der Waals surface area contributed by atoms with E-state index in [0.717, 1.165) is 32.1 Å². The van der Waals surface area contributed by atoms with Crippen molar-refractivity contribution in [3.05, 3.63) is 0 Å². The van der Waals surface area contributed by atoms with Gasteiger partial charge in [0, 0.05) is 0 Å². The number of carboxylic acids is 1. The molecule has 0 bridgehead atoms. The van der Waals surface area contributed by atoms with Gasteiger partial charge in [0.2, 0.25) is 0 Å². The predicted molar refractivity (Wildman–Crippen MR) is 62.9 cm³/mol. The predicted octanol–water partition coefficient (Wildman–Crippen LogP) is 3.06. The highest BCUT2D eigenvalue weighted by Gasteiger charge is 2.12. The number of aliphatic hydroxyl groups is 1. The topological polar surface area (TPSA) is 57.5 Å². The van der Waals surface area contributed by atoms with Crippen LogP contribution in [-0.2, 0) is 4.79 Å². The van der Waals surface area contributed by atoms with Gasteiger partial charge in [-0.3, -0.25) is 4.79 Å². The minimum atomic E-state index is -0.643. The maximum absolute atomic E-state index is 10.4. The largest absolute Gasteiger partial charge is 0.481 e. The van der Waals surface area contributed by atoms with E-state index in [1.165, 1.54) is 0 Å². The molecule has 0 radical (unpaired) electrons. The Morgan fingerprint density at radius 3 is 1.87 bits per heavy atom. The standard InChI is InChI=1S/C8H16O2.C4H10O/c1-3-5-6-7(4-2)8(9)10;1-3-4(2)5/h7H,3-6H2,1-2H3,(H,9,10);4-5H,3H2,1-2H3. The monoisotopic (exact) mass is 218 g/mol. The molecule has 0 aromatic rings. The molecular formula is C12H26O3. The average Bonchev–Trinajstić information content (AvgIpc) is 2.19. The van der Waals surface area contributed by atoms with Gasteiger partial charge in [-0.05, 0) is 26.2 Å². The molecule has 2 unspecified atom stereocenters. The van der Waals surface area contributed by atoms with Gasteiger partial charge in [-0.1, -0.05) is 33.6 Å². The lowest BCUT2D eigenvalue weighted by molar-refractivity contribution is -0.142. The number of aliphatic hydroxyl groups excluding tert-OH is 1. The van der Waals surface area contributed by atoms with Crippen molar-refractivity contribution in [2.24, 2.45) is 5.92 Å². The zero-order valence-corrected chi connectivity index (χ0v) is 10.5. The molecule has 92 valence electrons. The van der Waals surface area contributed by atoms with Crippen LogP contribution in [0.25, 0.3) is 0 Å². The van der Waals surface area contributed by atoms with Crippen LogP contribution >= 0.6 is 0 Å². The molecule has 0 rings (SSSR count). The Kier molecular flexibility index (Phi) is 12.9. The summed E-state index contributed by atoms with van der Waals surface area (Å²) in [7, 11) is 0. The van der Waals surface area contributed by atoms with Gasteiger partial charge in [-0.25, -0.2) is 0 Å². The van der Waals surface area contributed by atoms with E-state index in [1.807, 2.05) is 13.8 Å². The number of carbonyl (C=O) groups is 1. The molecule has 15 heavy (non-hydrogen) atoms. The normalized spacial score (nSPS) is 13.7. The summed E-state index contributed by atoms with van der Waals surface area (Å²) in [5.41, 5.74) is 0. The average molecular weight is 218 g/mol. The highest BCUT2D eigenvalue weighted by molar-refractivity contribution is 5.69. The Labute approximate surface area is 93.5 Å². The van der Waals surface area contributed by atoms with E-state index in [-0.39, 0.29) is 12.0 Å². The molecule has 3 heteroatoms. The van der Waals surface area contributed by atoms with Crippen molar-refractivity contribution in [3.63, 3.8) is 0 Å². The summed E-state index contributed by atoms with van der Waals surface area (Å²) in [6.45, 7) is 7.73. The Hall–Kier alpha value is -0.570. The molecule has 0 aromatic heterocycles. The summed E-state index contributed by atoms with van der Waals surface area (Å²) in [6.07, 6.45) is 4.46. The summed E-state index contributed by atoms with van der Waals surface area (Å²) in [5, 5.41) is 17.0. The first-order valence-electron chi connectivity index (χ1n) is 5.90. The van der Waals surface area contributed by atoms with Crippen LogP contribution in [0.1, 0.15) is 59.8 Å². The zero-order chi connectivity index (χ0) is 12.3. The van der Waals surface area contributed by atoms with Crippen LogP contribution in [0.4, 0.5) is 0 Å². The lowest BCUT2D eigenvalue weighted by atomic mass is 10.00. The fourth-order valence-corrected chi connectivity index (χ4v) is 0.953. The summed E-state index contributed by atoms with van der Waals surface area (Å²) in [4.78, 5) is 10.4. The number of rotatable bonds is 6. The Balaban J connectivity index is 0. The van der Waals surface area contributed by atoms with Crippen LogP contribution in [0.5, 0.6) is 0 Å². The van der Waals surface area contributed by atoms with Crippen molar-refractivity contribution in [2.45, 2.75) is 65.9 Å². The van der Waals surface area contributed by atoms with Crippen molar-refractivity contribution in [1.29, 1.82) is 0 Å². The number of hydrogen-bond acceptors (Lipinski definition) is 2. The summed E-state index contributed by atoms with van der Waals surface area (Å²) in [5.74, 6) is -0.754. The highest BCUT2D eigenvalue weighted by atomic mass is 16.4. The van der Waals surface area contributed by atoms with Crippen LogP contribution in [0.3, 0.4) is 0 Å². The number of unbranched alkanes of at least 4 members (excludes halogenated alkanes) is 1. The summed E-state index contributed by atoms with van der Waals surface area (Å²) < 4.78 is 0. The van der Waals surface area contributed by atoms with Gasteiger partial charge in [0.1, 0.15) is 0 Å². The molecule has 3 nitrogen and oxygen atoms in total. The van der Waals surface area contributed by atoms with E-state index in [0.29, 0.717) is 0 Å². The van der Waals surface area contributed by atoms with E-state index in [9.17, 15) is 4.79 Å². The smallest absolute Gasteiger partial charge is 0.306 e. The van der Waals surface area contributed by atoms with Crippen LogP contribution in [0, 0.1) is 5.92 Å². The van der Waals surface area contributed by atoms with Gasteiger partial charge in [-0.15, -0.1) is 0 Å². The minimum Gasteiger partial charge on any atom is -0.481 e. The SMILES string of the molecule is CCC(C)O.CCCCC(CC)C(=O)O. The molecule has 0 aliphatic rings. The van der Waals surface area contributed by atoms with Gasteiger partial charge < -0.3 is 10.2 Å². The van der Waals surface area contributed by atoms with Crippen LogP contribution in [0.2, 0.25) is 0 Å². The van der Waals surface area contributed by atoms with Crippen LogP contribution in [-0.4, -0.2) is 22.3 Å². The first kappa shape index (κ1) is 16.8. The van der Waals surface area contributed by atoms with Gasteiger partial charge in [0.15, 0.2) is 0 Å². The Morgan fingerprint density at radius 1 is 1.20 bits per heavy atom. The van der Waals surface area contributed by atoms with E-state index in [1.54, 1.807) is 6.92 Å². The third kappa shape index (κ3) is 13.4. The van der Waals surface area contributed by atoms with E-state index in [4.69, 9.17) is 10.2 Å². The van der Waals surface area contributed by atoms with Crippen molar-refractivity contribution in [1.82, 2.24) is 0 Å². The van der Waals surface area contributed by atoms with Gasteiger partial charge in [0.05, 0.1) is 12.0 Å². The first-order chi connectivity index (χ1) is 6.99. The van der Waals surface area contributed by atoms with Crippen molar-refractivity contribution in [3.8, 4) is 0 Å². The molecule has 2 N–H and O–H groups in total. The molecule has 0 amide bonds. The highest BCUT2D eigenvalue weighted by Crippen LogP contribution is 2.11. The summed E-state index contributed by atoms with van der Waals surface area (Å²) in [6, 6.07) is 0. The molecule has 0 aliphatic heterocycles. The maximum Gasteiger partial charge on any atom is 0.306 e. The molecule has 0 aromatic carbocycles. The van der Waals surface area contributed by atoms with Crippen LogP contribution < -0.4 is 0 Å². The number of carboxylic acid groups (broad SMARTS) is 1. The quantitative estimate of drug-likeness (QED) is 0.720. The fourth-order valence-electron chi connectivity index (χ4n) is 0.953. The third-order valence-electron chi connectivity index (χ3n) is 2.34. The minimum absolute atomic E-state index is 0.111. The van der Waals surface area contributed by atoms with E-state index >= 15 is 0 Å². The zero-order valence-electron chi connectivity index (χ0n) is 10.5. The Morgan fingerprint density at radius 2 is 1.67 bits per heavy atom. The molecule has 0 aliphatic carbocycles. The molecular weight excluding hydrogens is 192 g/mol. The van der Waals surface area contributed by atoms with E-state index < -0.39 is 5.97 Å². The fraction of sp³-hybridized carbons (Fsp3) is 0.917. The molecule has 0 heterocycles. The Bertz CT molecular complexity index is 144. The lowest BCUT2D eigenvalue weighted by Crippen LogP contribution is -2.11. The van der Waals surface area contributed by atoms with Gasteiger partial charge in [0.25, 0.3) is 0 Å². The molecule has 2 atom stereocenters. The van der Waals surface area contributed by atoms with Crippen LogP contribution in [0.15, 0.2) is 0 Å². The lowest BCUT2D eigenvalue weighted by Gasteiger charge is -2.06. The molecule has 0 spiro atoms. The van der Waals surface area contributed by atoms with Crippen molar-refractivity contribution >= 4 is 5.97 Å². The van der Waals surface area contributed by atoms with E-state index in [2.05, 4.69) is 6.92 Å². The van der Waals surface area contributed by atoms with Gasteiger partial charge >= 0.3 is 5.97 Å². The third-order valence-corrected chi connectivity index (χ3v) is 2.34. The van der Waals surface area contributed by atoms with Crippen molar-refractivity contribution < 1.29 is 15.0 Å². The number of hydrogen-bond donors (Lipinski definition) is 2.